The van der Waals surface area contributed by atoms with Crippen LogP contribution >= 0.6 is 11.6 Å². The Labute approximate surface area is 224 Å². The summed E-state index contributed by atoms with van der Waals surface area (Å²) >= 11 is 6.61. The van der Waals surface area contributed by atoms with Crippen molar-refractivity contribution < 1.29 is 14.0 Å². The normalized spacial score (nSPS) is 14.5. The van der Waals surface area contributed by atoms with Gasteiger partial charge in [-0.25, -0.2) is 9.07 Å². The first-order valence-electron chi connectivity index (χ1n) is 12.0. The van der Waals surface area contributed by atoms with Crippen LogP contribution in [-0.4, -0.2) is 21.6 Å². The molecule has 9 heteroatoms. The molecule has 4 aromatic rings. The second-order valence-electron chi connectivity index (χ2n) is 9.17. The summed E-state index contributed by atoms with van der Waals surface area (Å²) in [6.45, 7) is 5.71. The molecule has 3 N–H and O–H groups in total. The standard InChI is InChI=1S/C29H25ClFN5O2/c1-16-8-13-24(17(2)14-16)35-29(38)25-18(3)33-27-22(28(37)34-20-11-9-19(31)10-12-20)15-32-36(27)26(25)21-6-4-5-7-23(21)30/h4-15,26,33H,1-3H3,(H,34,37)(H,35,38)/t26-/m0/s1. The molecule has 0 bridgehead atoms. The van der Waals surface area contributed by atoms with Gasteiger partial charge in [-0.2, -0.15) is 5.10 Å². The number of nitrogens with one attached hydrogen (secondary N) is 3. The van der Waals surface area contributed by atoms with E-state index in [0.717, 1.165) is 11.1 Å². The number of nitrogens with zero attached hydrogens (tertiary/aromatic N) is 2. The first-order valence-corrected chi connectivity index (χ1v) is 12.4. The van der Waals surface area contributed by atoms with Crippen molar-refractivity contribution in [3.8, 4) is 0 Å². The van der Waals surface area contributed by atoms with Crippen LogP contribution in [0.25, 0.3) is 0 Å². The SMILES string of the molecule is CC1=C(C(=O)Nc2ccc(C)cc2C)[C@H](c2ccccc2Cl)n2ncc(C(=O)Nc3ccc(F)cc3)c2N1. The lowest BCUT2D eigenvalue weighted by molar-refractivity contribution is -0.113. The molecule has 38 heavy (non-hydrogen) atoms. The van der Waals surface area contributed by atoms with Crippen molar-refractivity contribution in [2.45, 2.75) is 26.8 Å². The smallest absolute Gasteiger partial charge is 0.261 e. The molecular weight excluding hydrogens is 505 g/mol. The van der Waals surface area contributed by atoms with E-state index in [9.17, 15) is 14.0 Å². The lowest BCUT2D eigenvalue weighted by Gasteiger charge is -2.30. The van der Waals surface area contributed by atoms with Crippen molar-refractivity contribution in [1.29, 1.82) is 0 Å². The van der Waals surface area contributed by atoms with Gasteiger partial charge in [-0.15, -0.1) is 0 Å². The minimum Gasteiger partial charge on any atom is -0.343 e. The largest absolute Gasteiger partial charge is 0.343 e. The highest BCUT2D eigenvalue weighted by atomic mass is 35.5. The maximum atomic E-state index is 13.7. The molecule has 0 radical (unpaired) electrons. The molecule has 0 saturated heterocycles. The second kappa shape index (κ2) is 10.1. The Balaban J connectivity index is 1.55. The van der Waals surface area contributed by atoms with Gasteiger partial charge < -0.3 is 16.0 Å². The molecule has 0 fully saturated rings. The van der Waals surface area contributed by atoms with Crippen LogP contribution in [0.2, 0.25) is 5.02 Å². The summed E-state index contributed by atoms with van der Waals surface area (Å²) < 4.78 is 14.9. The average molecular weight is 530 g/mol. The Hall–Kier alpha value is -4.43. The van der Waals surface area contributed by atoms with Crippen LogP contribution in [0.4, 0.5) is 21.6 Å². The molecule has 7 nitrogen and oxygen atoms in total. The third-order valence-corrected chi connectivity index (χ3v) is 6.79. The zero-order valence-corrected chi connectivity index (χ0v) is 21.7. The van der Waals surface area contributed by atoms with E-state index in [2.05, 4.69) is 21.0 Å². The highest BCUT2D eigenvalue weighted by Crippen LogP contribution is 2.40. The number of aromatic nitrogens is 2. The number of benzene rings is 3. The Kier molecular flexibility index (Phi) is 6.73. The molecule has 2 amide bonds. The van der Waals surface area contributed by atoms with E-state index in [4.69, 9.17) is 11.6 Å². The number of carbonyl (C=O) groups excluding carboxylic acids is 2. The Morgan fingerprint density at radius 2 is 1.71 bits per heavy atom. The summed E-state index contributed by atoms with van der Waals surface area (Å²) in [7, 11) is 0. The molecule has 0 unspecified atom stereocenters. The molecule has 192 valence electrons. The van der Waals surface area contributed by atoms with Gasteiger partial charge in [-0.3, -0.25) is 9.59 Å². The van der Waals surface area contributed by atoms with E-state index in [0.29, 0.717) is 39.0 Å². The van der Waals surface area contributed by atoms with Crippen molar-refractivity contribution in [3.63, 3.8) is 0 Å². The van der Waals surface area contributed by atoms with Gasteiger partial charge in [0.15, 0.2) is 0 Å². The highest BCUT2D eigenvalue weighted by molar-refractivity contribution is 6.31. The van der Waals surface area contributed by atoms with Crippen LogP contribution < -0.4 is 16.0 Å². The number of hydrogen-bond donors (Lipinski definition) is 3. The molecule has 0 spiro atoms. The summed E-state index contributed by atoms with van der Waals surface area (Å²) in [6.07, 6.45) is 1.43. The molecule has 1 atom stereocenters. The van der Waals surface area contributed by atoms with Crippen LogP contribution in [0.5, 0.6) is 0 Å². The average Bonchev–Trinajstić information content (AvgIpc) is 3.30. The number of halogens is 2. The van der Waals surface area contributed by atoms with Crippen LogP contribution in [0.3, 0.4) is 0 Å². The number of rotatable bonds is 5. The topological polar surface area (TPSA) is 88.0 Å². The van der Waals surface area contributed by atoms with Crippen LogP contribution in [0.1, 0.15) is 40.0 Å². The molecule has 5 rings (SSSR count). The number of fused-ring (bicyclic) bond motifs is 1. The fourth-order valence-electron chi connectivity index (χ4n) is 4.57. The van der Waals surface area contributed by atoms with Crippen LogP contribution in [0, 0.1) is 19.7 Å². The molecule has 1 aliphatic heterocycles. The van der Waals surface area contributed by atoms with Gasteiger partial charge >= 0.3 is 0 Å². The third kappa shape index (κ3) is 4.78. The molecule has 2 heterocycles. The first kappa shape index (κ1) is 25.2. The van der Waals surface area contributed by atoms with E-state index in [-0.39, 0.29) is 11.5 Å². The quantitative estimate of drug-likeness (QED) is 0.276. The number of amides is 2. The third-order valence-electron chi connectivity index (χ3n) is 6.44. The van der Waals surface area contributed by atoms with Gasteiger partial charge in [-0.05, 0) is 62.7 Å². The van der Waals surface area contributed by atoms with Crippen LogP contribution in [-0.2, 0) is 4.79 Å². The Morgan fingerprint density at radius 1 is 0.974 bits per heavy atom. The number of anilines is 3. The van der Waals surface area contributed by atoms with Crippen molar-refractivity contribution in [1.82, 2.24) is 9.78 Å². The van der Waals surface area contributed by atoms with Crippen molar-refractivity contribution >= 4 is 40.6 Å². The predicted octanol–water partition coefficient (Wildman–Crippen LogP) is 6.47. The maximum Gasteiger partial charge on any atom is 0.261 e. The van der Waals surface area contributed by atoms with Gasteiger partial charge in [0, 0.05) is 27.7 Å². The molecular formula is C29H25ClFN5O2. The van der Waals surface area contributed by atoms with Crippen molar-refractivity contribution in [3.05, 3.63) is 117 Å². The van der Waals surface area contributed by atoms with Crippen molar-refractivity contribution in [2.24, 2.45) is 0 Å². The van der Waals surface area contributed by atoms with E-state index in [1.165, 1.54) is 30.5 Å². The Morgan fingerprint density at radius 3 is 2.42 bits per heavy atom. The minimum atomic E-state index is -0.696. The van der Waals surface area contributed by atoms with E-state index < -0.39 is 17.8 Å². The maximum absolute atomic E-state index is 13.7. The molecule has 0 aliphatic carbocycles. The Bertz CT molecular complexity index is 1590. The minimum absolute atomic E-state index is 0.263. The molecule has 3 aromatic carbocycles. The number of carbonyl (C=O) groups is 2. The monoisotopic (exact) mass is 529 g/mol. The first-order chi connectivity index (χ1) is 18.2. The fourth-order valence-corrected chi connectivity index (χ4v) is 4.81. The van der Waals surface area contributed by atoms with Crippen LogP contribution in [0.15, 0.2) is 84.2 Å². The zero-order valence-electron chi connectivity index (χ0n) is 21.0. The number of aryl methyl sites for hydroxylation is 2. The summed E-state index contributed by atoms with van der Waals surface area (Å²) in [5.41, 5.74) is 5.07. The molecule has 1 aromatic heterocycles. The highest BCUT2D eigenvalue weighted by Gasteiger charge is 2.36. The summed E-state index contributed by atoms with van der Waals surface area (Å²) in [6, 6.07) is 17.8. The molecule has 1 aliphatic rings. The van der Waals surface area contributed by atoms with E-state index >= 15 is 0 Å². The van der Waals surface area contributed by atoms with Gasteiger partial charge in [-0.1, -0.05) is 47.5 Å². The summed E-state index contributed by atoms with van der Waals surface area (Å²) in [5, 5.41) is 13.9. The van der Waals surface area contributed by atoms with Gasteiger partial charge in [0.2, 0.25) is 0 Å². The summed E-state index contributed by atoms with van der Waals surface area (Å²) in [4.78, 5) is 26.9. The van der Waals surface area contributed by atoms with Crippen molar-refractivity contribution in [2.75, 3.05) is 16.0 Å². The lowest BCUT2D eigenvalue weighted by Crippen LogP contribution is -2.32. The lowest BCUT2D eigenvalue weighted by atomic mass is 9.94. The number of hydrogen-bond acceptors (Lipinski definition) is 4. The van der Waals surface area contributed by atoms with E-state index in [1.807, 2.05) is 50.2 Å². The molecule has 0 saturated carbocycles. The zero-order chi connectivity index (χ0) is 27.0. The van der Waals surface area contributed by atoms with Gasteiger partial charge in [0.25, 0.3) is 11.8 Å². The van der Waals surface area contributed by atoms with Gasteiger partial charge in [0.1, 0.15) is 23.2 Å². The van der Waals surface area contributed by atoms with E-state index in [1.54, 1.807) is 17.7 Å². The second-order valence-corrected chi connectivity index (χ2v) is 9.58. The fraction of sp³-hybridized carbons (Fsp3) is 0.138. The van der Waals surface area contributed by atoms with Gasteiger partial charge in [0.05, 0.1) is 11.8 Å². The number of allylic oxidation sites excluding steroid dienone is 1. The predicted molar refractivity (Wildman–Crippen MR) is 147 cm³/mol. The summed E-state index contributed by atoms with van der Waals surface area (Å²) in [5.74, 6) is -0.734.